The van der Waals surface area contributed by atoms with E-state index in [1.807, 2.05) is 18.2 Å². The van der Waals surface area contributed by atoms with Gasteiger partial charge < -0.3 is 5.73 Å². The molecule has 106 valence electrons. The fourth-order valence-electron chi connectivity index (χ4n) is 2.77. The van der Waals surface area contributed by atoms with Gasteiger partial charge in [0.2, 0.25) is 0 Å². The van der Waals surface area contributed by atoms with Gasteiger partial charge in [0, 0.05) is 21.0 Å². The Bertz CT molecular complexity index is 666. The van der Waals surface area contributed by atoms with Crippen LogP contribution in [-0.2, 0) is 6.42 Å². The maximum absolute atomic E-state index is 6.33. The molecule has 1 aromatic heterocycles. The predicted octanol–water partition coefficient (Wildman–Crippen LogP) is 5.20. The second-order valence-corrected chi connectivity index (χ2v) is 8.46. The van der Waals surface area contributed by atoms with Crippen molar-refractivity contribution in [3.8, 4) is 10.6 Å². The van der Waals surface area contributed by atoms with Gasteiger partial charge in [-0.25, -0.2) is 4.98 Å². The second-order valence-electron chi connectivity index (χ2n) is 6.11. The van der Waals surface area contributed by atoms with Crippen LogP contribution in [0, 0.1) is 5.41 Å². The Morgan fingerprint density at radius 2 is 2.20 bits per heavy atom. The van der Waals surface area contributed by atoms with Crippen LogP contribution in [0.15, 0.2) is 22.7 Å². The summed E-state index contributed by atoms with van der Waals surface area (Å²) in [5.41, 5.74) is 8.66. The first kappa shape index (κ1) is 14.5. The summed E-state index contributed by atoms with van der Waals surface area (Å²) in [5, 5.41) is 1.69. The highest BCUT2D eigenvalue weighted by atomic mass is 79.9. The SMILES string of the molecule is CC1(C)Cc2nc(-c3ccc(Br)cc3Cl)sc2C(N)C1. The van der Waals surface area contributed by atoms with Crippen molar-refractivity contribution >= 4 is 38.9 Å². The Morgan fingerprint density at radius 1 is 1.45 bits per heavy atom. The fraction of sp³-hybridized carbons (Fsp3) is 0.400. The number of nitrogens with zero attached hydrogens (tertiary/aromatic N) is 1. The Morgan fingerprint density at radius 3 is 2.90 bits per heavy atom. The summed E-state index contributed by atoms with van der Waals surface area (Å²) in [4.78, 5) is 6.02. The van der Waals surface area contributed by atoms with Gasteiger partial charge in [-0.3, -0.25) is 0 Å². The summed E-state index contributed by atoms with van der Waals surface area (Å²) in [6.07, 6.45) is 2.00. The Balaban J connectivity index is 2.06. The van der Waals surface area contributed by atoms with Gasteiger partial charge in [0.05, 0.1) is 10.7 Å². The molecular weight excluding hydrogens is 356 g/mol. The number of hydrogen-bond donors (Lipinski definition) is 1. The lowest BCUT2D eigenvalue weighted by atomic mass is 9.77. The molecule has 0 saturated heterocycles. The average Bonchev–Trinajstić information content (AvgIpc) is 2.70. The Labute approximate surface area is 136 Å². The molecule has 20 heavy (non-hydrogen) atoms. The molecule has 2 aromatic rings. The first-order chi connectivity index (χ1) is 9.35. The standard InChI is InChI=1S/C15H16BrClN2S/c1-15(2)6-11(18)13-12(7-15)19-14(20-13)9-4-3-8(16)5-10(9)17/h3-5,11H,6-7,18H2,1-2H3. The molecule has 0 bridgehead atoms. The summed E-state index contributed by atoms with van der Waals surface area (Å²) in [6.45, 7) is 4.50. The van der Waals surface area contributed by atoms with Crippen LogP contribution in [0.2, 0.25) is 5.02 Å². The van der Waals surface area contributed by atoms with Crippen LogP contribution >= 0.6 is 38.9 Å². The first-order valence-electron chi connectivity index (χ1n) is 6.56. The van der Waals surface area contributed by atoms with E-state index in [9.17, 15) is 0 Å². The molecule has 0 saturated carbocycles. The zero-order chi connectivity index (χ0) is 14.5. The third kappa shape index (κ3) is 2.67. The quantitative estimate of drug-likeness (QED) is 0.748. The van der Waals surface area contributed by atoms with E-state index in [0.29, 0.717) is 0 Å². The van der Waals surface area contributed by atoms with E-state index >= 15 is 0 Å². The lowest BCUT2D eigenvalue weighted by Gasteiger charge is -2.32. The van der Waals surface area contributed by atoms with Crippen LogP contribution in [0.1, 0.15) is 36.9 Å². The molecular formula is C15H16BrClN2S. The molecule has 1 aliphatic rings. The smallest absolute Gasteiger partial charge is 0.125 e. The van der Waals surface area contributed by atoms with Gasteiger partial charge >= 0.3 is 0 Å². The summed E-state index contributed by atoms with van der Waals surface area (Å²) < 4.78 is 0.977. The lowest BCUT2D eigenvalue weighted by Crippen LogP contribution is -2.28. The van der Waals surface area contributed by atoms with E-state index in [2.05, 4.69) is 29.8 Å². The number of benzene rings is 1. The molecule has 2 nitrogen and oxygen atoms in total. The van der Waals surface area contributed by atoms with E-state index in [4.69, 9.17) is 22.3 Å². The van der Waals surface area contributed by atoms with Gasteiger partial charge in [-0.15, -0.1) is 11.3 Å². The lowest BCUT2D eigenvalue weighted by molar-refractivity contribution is 0.282. The maximum atomic E-state index is 6.33. The van der Waals surface area contributed by atoms with Crippen LogP contribution in [0.3, 0.4) is 0 Å². The predicted molar refractivity (Wildman–Crippen MR) is 89.3 cm³/mol. The monoisotopic (exact) mass is 370 g/mol. The minimum absolute atomic E-state index is 0.0919. The van der Waals surface area contributed by atoms with Gasteiger partial charge in [-0.1, -0.05) is 41.4 Å². The maximum Gasteiger partial charge on any atom is 0.125 e. The molecule has 1 aromatic carbocycles. The zero-order valence-corrected chi connectivity index (χ0v) is 14.6. The third-order valence-corrected chi connectivity index (χ3v) is 5.71. The number of rotatable bonds is 1. The average molecular weight is 372 g/mol. The van der Waals surface area contributed by atoms with Crippen molar-refractivity contribution in [3.63, 3.8) is 0 Å². The van der Waals surface area contributed by atoms with Crippen molar-refractivity contribution in [2.45, 2.75) is 32.7 Å². The van der Waals surface area contributed by atoms with E-state index in [1.54, 1.807) is 11.3 Å². The highest BCUT2D eigenvalue weighted by Crippen LogP contribution is 2.44. The highest BCUT2D eigenvalue weighted by Gasteiger charge is 2.33. The summed E-state index contributed by atoms with van der Waals surface area (Å²) in [6, 6.07) is 5.99. The molecule has 2 N–H and O–H groups in total. The third-order valence-electron chi connectivity index (χ3n) is 3.64. The molecule has 5 heteroatoms. The van der Waals surface area contributed by atoms with E-state index in [-0.39, 0.29) is 11.5 Å². The Hall–Kier alpha value is -0.420. The van der Waals surface area contributed by atoms with E-state index in [1.165, 1.54) is 4.88 Å². The molecule has 0 aliphatic heterocycles. The molecule has 0 radical (unpaired) electrons. The number of halogens is 2. The van der Waals surface area contributed by atoms with Gasteiger partial charge in [-0.05, 0) is 36.5 Å². The normalized spacial score (nSPS) is 20.8. The molecule has 1 unspecified atom stereocenters. The van der Waals surface area contributed by atoms with E-state index in [0.717, 1.165) is 38.6 Å². The number of hydrogen-bond acceptors (Lipinski definition) is 3. The van der Waals surface area contributed by atoms with Crippen LogP contribution in [0.25, 0.3) is 10.6 Å². The van der Waals surface area contributed by atoms with Gasteiger partial charge in [-0.2, -0.15) is 0 Å². The molecule has 0 spiro atoms. The van der Waals surface area contributed by atoms with Crippen LogP contribution in [-0.4, -0.2) is 4.98 Å². The van der Waals surface area contributed by atoms with Crippen molar-refractivity contribution in [1.29, 1.82) is 0 Å². The summed E-state index contributed by atoms with van der Waals surface area (Å²) in [7, 11) is 0. The largest absolute Gasteiger partial charge is 0.323 e. The summed E-state index contributed by atoms with van der Waals surface area (Å²) >= 11 is 11.4. The van der Waals surface area contributed by atoms with Crippen LogP contribution < -0.4 is 5.73 Å². The first-order valence-corrected chi connectivity index (χ1v) is 8.55. The zero-order valence-electron chi connectivity index (χ0n) is 11.4. The second kappa shape index (κ2) is 5.09. The Kier molecular flexibility index (Phi) is 3.70. The minimum Gasteiger partial charge on any atom is -0.323 e. The molecule has 1 aliphatic carbocycles. The minimum atomic E-state index is 0.0919. The molecule has 1 atom stereocenters. The van der Waals surface area contributed by atoms with Crippen molar-refractivity contribution in [2.75, 3.05) is 0 Å². The van der Waals surface area contributed by atoms with Crippen molar-refractivity contribution in [1.82, 2.24) is 4.98 Å². The molecule has 0 amide bonds. The topological polar surface area (TPSA) is 38.9 Å². The number of aromatic nitrogens is 1. The van der Waals surface area contributed by atoms with Crippen LogP contribution in [0.5, 0.6) is 0 Å². The number of nitrogens with two attached hydrogens (primary N) is 1. The van der Waals surface area contributed by atoms with Crippen molar-refractivity contribution in [3.05, 3.63) is 38.3 Å². The fourth-order valence-corrected chi connectivity index (χ4v) is 4.71. The molecule has 3 rings (SSSR count). The summed E-state index contributed by atoms with van der Waals surface area (Å²) in [5.74, 6) is 0. The van der Waals surface area contributed by atoms with Gasteiger partial charge in [0.1, 0.15) is 5.01 Å². The van der Waals surface area contributed by atoms with Gasteiger partial charge in [0.15, 0.2) is 0 Å². The van der Waals surface area contributed by atoms with Gasteiger partial charge in [0.25, 0.3) is 0 Å². The van der Waals surface area contributed by atoms with Crippen LogP contribution in [0.4, 0.5) is 0 Å². The number of fused-ring (bicyclic) bond motifs is 1. The highest BCUT2D eigenvalue weighted by molar-refractivity contribution is 9.10. The number of thiazole rings is 1. The van der Waals surface area contributed by atoms with Crippen molar-refractivity contribution < 1.29 is 0 Å². The molecule has 1 heterocycles. The molecule has 0 fully saturated rings. The van der Waals surface area contributed by atoms with E-state index < -0.39 is 0 Å². The van der Waals surface area contributed by atoms with Crippen molar-refractivity contribution in [2.24, 2.45) is 11.1 Å².